The number of hydrogen-bond donors (Lipinski definition) is 3. The Balaban J connectivity index is 1.86. The van der Waals surface area contributed by atoms with Gasteiger partial charge in [0.05, 0.1) is 5.69 Å². The molecule has 1 aromatic carbocycles. The molecule has 2 heterocycles. The van der Waals surface area contributed by atoms with Crippen molar-refractivity contribution in [2.24, 2.45) is 0 Å². The molecule has 0 aliphatic heterocycles. The van der Waals surface area contributed by atoms with Gasteiger partial charge in [0.25, 0.3) is 5.91 Å². The third kappa shape index (κ3) is 3.48. The minimum absolute atomic E-state index is 0.150. The van der Waals surface area contributed by atoms with Crippen LogP contribution < -0.4 is 16.8 Å². The van der Waals surface area contributed by atoms with E-state index in [2.05, 4.69) is 30.2 Å². The first-order valence-electron chi connectivity index (χ1n) is 10.2. The minimum atomic E-state index is -0.180. The van der Waals surface area contributed by atoms with Gasteiger partial charge in [-0.2, -0.15) is 5.26 Å². The normalized spacial score (nSPS) is 14.3. The van der Waals surface area contributed by atoms with Gasteiger partial charge in [-0.1, -0.05) is 51.0 Å². The average Bonchev–Trinajstić information content (AvgIpc) is 3.35. The quantitative estimate of drug-likeness (QED) is 0.561. The maximum absolute atomic E-state index is 12.9. The van der Waals surface area contributed by atoms with Gasteiger partial charge in [0, 0.05) is 17.0 Å². The SMILES string of the molecule is CC(C)c1ccc(-c2c(C#N)c(N)nc3sc(C(=O)NC4CCCC4)c(N)c23)cc1. The summed E-state index contributed by atoms with van der Waals surface area (Å²) < 4.78 is 0. The number of pyridine rings is 1. The lowest BCUT2D eigenvalue weighted by Gasteiger charge is -2.12. The molecule has 1 fully saturated rings. The van der Waals surface area contributed by atoms with Gasteiger partial charge in [0.2, 0.25) is 0 Å². The van der Waals surface area contributed by atoms with Crippen LogP contribution in [0.15, 0.2) is 24.3 Å². The van der Waals surface area contributed by atoms with Gasteiger partial charge in [-0.15, -0.1) is 11.3 Å². The Morgan fingerprint density at radius 1 is 1.23 bits per heavy atom. The second-order valence-corrected chi connectivity index (χ2v) is 9.11. The molecule has 1 aliphatic rings. The number of nitrogens with two attached hydrogens (primary N) is 2. The van der Waals surface area contributed by atoms with Crippen molar-refractivity contribution in [2.45, 2.75) is 51.5 Å². The Kier molecular flexibility index (Phi) is 5.35. The number of carbonyl (C=O) groups excluding carboxylic acids is 1. The summed E-state index contributed by atoms with van der Waals surface area (Å²) in [5.41, 5.74) is 15.9. The van der Waals surface area contributed by atoms with Crippen LogP contribution in [0.5, 0.6) is 0 Å². The molecule has 1 aliphatic carbocycles. The number of nitrogens with one attached hydrogen (secondary N) is 1. The number of nitriles is 1. The summed E-state index contributed by atoms with van der Waals surface area (Å²) in [5.74, 6) is 0.367. The van der Waals surface area contributed by atoms with Crippen LogP contribution in [0.4, 0.5) is 11.5 Å². The van der Waals surface area contributed by atoms with E-state index in [9.17, 15) is 10.1 Å². The zero-order valence-electron chi connectivity index (χ0n) is 17.2. The topological polar surface area (TPSA) is 118 Å². The summed E-state index contributed by atoms with van der Waals surface area (Å²) >= 11 is 1.23. The van der Waals surface area contributed by atoms with Crippen LogP contribution in [0.3, 0.4) is 0 Å². The minimum Gasteiger partial charge on any atom is -0.397 e. The number of nitrogen functional groups attached to an aromatic ring is 2. The largest absolute Gasteiger partial charge is 0.397 e. The van der Waals surface area contributed by atoms with Gasteiger partial charge in [-0.25, -0.2) is 4.98 Å². The van der Waals surface area contributed by atoms with Crippen molar-refractivity contribution in [3.8, 4) is 17.2 Å². The summed E-state index contributed by atoms with van der Waals surface area (Å²) in [7, 11) is 0. The van der Waals surface area contributed by atoms with Crippen LogP contribution in [-0.2, 0) is 0 Å². The standard InChI is InChI=1S/C23H25N5OS/c1-12(2)13-7-9-14(10-8-13)17-16(11-24)21(26)28-23-18(17)19(25)20(30-23)22(29)27-15-5-3-4-6-15/h7-10,12,15H,3-6,25H2,1-2H3,(H2,26,28)(H,27,29). The number of nitrogens with zero attached hydrogens (tertiary/aromatic N) is 2. The summed E-state index contributed by atoms with van der Waals surface area (Å²) in [6, 6.07) is 10.4. The van der Waals surface area contributed by atoms with Crippen molar-refractivity contribution in [1.82, 2.24) is 10.3 Å². The molecule has 0 atom stereocenters. The molecule has 1 amide bonds. The highest BCUT2D eigenvalue weighted by Gasteiger charge is 2.26. The van der Waals surface area contributed by atoms with Crippen LogP contribution in [0.25, 0.3) is 21.3 Å². The fourth-order valence-corrected chi connectivity index (χ4v) is 5.11. The summed E-state index contributed by atoms with van der Waals surface area (Å²) in [6.45, 7) is 4.26. The lowest BCUT2D eigenvalue weighted by atomic mass is 9.94. The van der Waals surface area contributed by atoms with E-state index < -0.39 is 0 Å². The van der Waals surface area contributed by atoms with Crippen LogP contribution in [0.1, 0.15) is 66.2 Å². The van der Waals surface area contributed by atoms with Crippen molar-refractivity contribution in [1.29, 1.82) is 5.26 Å². The number of carbonyl (C=O) groups is 1. The molecule has 5 N–H and O–H groups in total. The van der Waals surface area contributed by atoms with Crippen molar-refractivity contribution in [3.05, 3.63) is 40.3 Å². The van der Waals surface area contributed by atoms with E-state index in [-0.39, 0.29) is 23.3 Å². The zero-order chi connectivity index (χ0) is 21.4. The number of anilines is 2. The molecule has 0 bridgehead atoms. The highest BCUT2D eigenvalue weighted by Crippen LogP contribution is 2.42. The van der Waals surface area contributed by atoms with E-state index in [1.165, 1.54) is 16.9 Å². The second-order valence-electron chi connectivity index (χ2n) is 8.12. The molecule has 0 unspecified atom stereocenters. The van der Waals surface area contributed by atoms with Crippen LogP contribution in [0, 0.1) is 11.3 Å². The fourth-order valence-electron chi connectivity index (χ4n) is 4.10. The van der Waals surface area contributed by atoms with E-state index in [0.29, 0.717) is 32.3 Å². The van der Waals surface area contributed by atoms with E-state index in [1.54, 1.807) is 0 Å². The van der Waals surface area contributed by atoms with Crippen molar-refractivity contribution >= 4 is 39.0 Å². The van der Waals surface area contributed by atoms with E-state index in [4.69, 9.17) is 11.5 Å². The second kappa shape index (κ2) is 7.96. The molecule has 0 spiro atoms. The van der Waals surface area contributed by atoms with Crippen LogP contribution in [-0.4, -0.2) is 16.9 Å². The smallest absolute Gasteiger partial charge is 0.263 e. The summed E-state index contributed by atoms with van der Waals surface area (Å²) in [5, 5.41) is 13.5. The number of thiophene rings is 1. The molecule has 154 valence electrons. The van der Waals surface area contributed by atoms with Crippen molar-refractivity contribution < 1.29 is 4.79 Å². The molecular weight excluding hydrogens is 394 g/mol. The molecular formula is C23H25N5OS. The Labute approximate surface area is 179 Å². The van der Waals surface area contributed by atoms with Crippen LogP contribution >= 0.6 is 11.3 Å². The highest BCUT2D eigenvalue weighted by atomic mass is 32.1. The average molecular weight is 420 g/mol. The fraction of sp³-hybridized carbons (Fsp3) is 0.348. The number of aromatic nitrogens is 1. The number of amides is 1. The van der Waals surface area contributed by atoms with E-state index >= 15 is 0 Å². The number of hydrogen-bond acceptors (Lipinski definition) is 6. The molecule has 0 saturated heterocycles. The molecule has 3 aromatic rings. The lowest BCUT2D eigenvalue weighted by Crippen LogP contribution is -2.32. The van der Waals surface area contributed by atoms with Gasteiger partial charge in [-0.05, 0) is 29.9 Å². The van der Waals surface area contributed by atoms with Gasteiger partial charge in [0.1, 0.15) is 27.2 Å². The first-order chi connectivity index (χ1) is 14.4. The maximum atomic E-state index is 12.9. The Morgan fingerprint density at radius 2 is 1.90 bits per heavy atom. The first-order valence-corrected chi connectivity index (χ1v) is 11.0. The molecule has 1 saturated carbocycles. The summed E-state index contributed by atoms with van der Waals surface area (Å²) in [4.78, 5) is 18.3. The summed E-state index contributed by atoms with van der Waals surface area (Å²) in [6.07, 6.45) is 4.25. The van der Waals surface area contributed by atoms with Gasteiger partial charge in [-0.3, -0.25) is 4.79 Å². The highest BCUT2D eigenvalue weighted by molar-refractivity contribution is 7.21. The number of fused-ring (bicyclic) bond motifs is 1. The van der Waals surface area contributed by atoms with Crippen LogP contribution in [0.2, 0.25) is 0 Å². The van der Waals surface area contributed by atoms with E-state index in [1.807, 2.05) is 24.3 Å². The third-order valence-corrected chi connectivity index (χ3v) is 6.88. The predicted octanol–water partition coefficient (Wildman–Crippen LogP) is 4.80. The maximum Gasteiger partial charge on any atom is 0.263 e. The molecule has 6 nitrogen and oxygen atoms in total. The third-order valence-electron chi connectivity index (χ3n) is 5.78. The van der Waals surface area contributed by atoms with E-state index in [0.717, 1.165) is 31.2 Å². The Hall–Kier alpha value is -3.11. The first kappa shape index (κ1) is 20.2. The predicted molar refractivity (Wildman–Crippen MR) is 122 cm³/mol. The van der Waals surface area contributed by atoms with Gasteiger partial charge < -0.3 is 16.8 Å². The van der Waals surface area contributed by atoms with Gasteiger partial charge in [0.15, 0.2) is 0 Å². The molecule has 30 heavy (non-hydrogen) atoms. The molecule has 4 rings (SSSR count). The Morgan fingerprint density at radius 3 is 2.50 bits per heavy atom. The molecule has 7 heteroatoms. The van der Waals surface area contributed by atoms with Crippen molar-refractivity contribution in [3.63, 3.8) is 0 Å². The Bertz CT molecular complexity index is 1150. The zero-order valence-corrected chi connectivity index (χ0v) is 18.0. The molecule has 0 radical (unpaired) electrons. The lowest BCUT2D eigenvalue weighted by molar-refractivity contribution is 0.0943. The molecule has 2 aromatic heterocycles. The number of rotatable bonds is 4. The van der Waals surface area contributed by atoms with Crippen molar-refractivity contribution in [2.75, 3.05) is 11.5 Å². The van der Waals surface area contributed by atoms with Gasteiger partial charge >= 0.3 is 0 Å². The number of benzene rings is 1. The monoisotopic (exact) mass is 419 g/mol.